The van der Waals surface area contributed by atoms with E-state index in [2.05, 4.69) is 0 Å². The quantitative estimate of drug-likeness (QED) is 0.266. The number of amidine groups is 1. The van der Waals surface area contributed by atoms with Gasteiger partial charge in [-0.25, -0.2) is 0 Å². The molecule has 1 aliphatic heterocycles. The maximum absolute atomic E-state index is 10.8. The van der Waals surface area contributed by atoms with Gasteiger partial charge in [-0.2, -0.15) is 0 Å². The van der Waals surface area contributed by atoms with Crippen LogP contribution in [0.3, 0.4) is 0 Å². The lowest BCUT2D eigenvalue weighted by molar-refractivity contribution is -0.383. The molecule has 0 aliphatic carbocycles. The summed E-state index contributed by atoms with van der Waals surface area (Å²) in [6, 6.07) is 4.43. The van der Waals surface area contributed by atoms with Gasteiger partial charge in [-0.3, -0.25) is 15.5 Å². The van der Waals surface area contributed by atoms with Gasteiger partial charge in [0.15, 0.2) is 0 Å². The van der Waals surface area contributed by atoms with Crippen molar-refractivity contribution in [1.82, 2.24) is 4.90 Å². The molecule has 0 bridgehead atoms. The molecule has 0 unspecified atom stereocenters. The fourth-order valence-electron chi connectivity index (χ4n) is 1.82. The number of anilines is 1. The Hall–Kier alpha value is -2.15. The van der Waals surface area contributed by atoms with Gasteiger partial charge < -0.3 is 15.4 Å². The van der Waals surface area contributed by atoms with Crippen molar-refractivity contribution in [2.75, 3.05) is 32.0 Å². The summed E-state index contributed by atoms with van der Waals surface area (Å²) in [5.41, 5.74) is 5.97. The van der Waals surface area contributed by atoms with E-state index in [0.29, 0.717) is 31.9 Å². The molecule has 1 aliphatic rings. The monoisotopic (exact) mass is 250 g/mol. The standard InChI is InChI=1S/C11H14N4O3/c12-9-2-1-8(7-10(9)15(16)17)11(13)14-3-5-18-6-4-14/h1-2,7,13H,3-6,12H2. The van der Waals surface area contributed by atoms with E-state index in [1.165, 1.54) is 12.1 Å². The lowest BCUT2D eigenvalue weighted by Crippen LogP contribution is -2.40. The second kappa shape index (κ2) is 5.01. The number of hydrogen-bond acceptors (Lipinski definition) is 5. The van der Waals surface area contributed by atoms with Crippen LogP contribution in [0.25, 0.3) is 0 Å². The Morgan fingerprint density at radius 1 is 1.44 bits per heavy atom. The fraction of sp³-hybridized carbons (Fsp3) is 0.364. The minimum Gasteiger partial charge on any atom is -0.393 e. The predicted molar refractivity (Wildman–Crippen MR) is 66.7 cm³/mol. The molecule has 1 aromatic carbocycles. The molecule has 1 heterocycles. The smallest absolute Gasteiger partial charge is 0.292 e. The first-order valence-electron chi connectivity index (χ1n) is 5.55. The van der Waals surface area contributed by atoms with Crippen LogP contribution in [-0.2, 0) is 4.74 Å². The number of nitrogens with zero attached hydrogens (tertiary/aromatic N) is 2. The molecule has 3 N–H and O–H groups in total. The molecule has 0 spiro atoms. The SMILES string of the molecule is N=C(c1ccc(N)c([N+](=O)[O-])c1)N1CCOCC1. The molecule has 0 amide bonds. The Kier molecular flexibility index (Phi) is 3.42. The largest absolute Gasteiger partial charge is 0.393 e. The number of nitro benzene ring substituents is 1. The third-order valence-corrected chi connectivity index (χ3v) is 2.83. The zero-order valence-electron chi connectivity index (χ0n) is 9.76. The Labute approximate surface area is 104 Å². The average Bonchev–Trinajstić information content (AvgIpc) is 2.39. The highest BCUT2D eigenvalue weighted by atomic mass is 16.6. The average molecular weight is 250 g/mol. The van der Waals surface area contributed by atoms with Crippen LogP contribution in [0, 0.1) is 15.5 Å². The molecule has 18 heavy (non-hydrogen) atoms. The van der Waals surface area contributed by atoms with Gasteiger partial charge in [0.25, 0.3) is 5.69 Å². The maximum atomic E-state index is 10.8. The molecule has 2 rings (SSSR count). The summed E-state index contributed by atoms with van der Waals surface area (Å²) in [5.74, 6) is 0.265. The van der Waals surface area contributed by atoms with Crippen LogP contribution in [0.4, 0.5) is 11.4 Å². The number of morpholine rings is 1. The summed E-state index contributed by atoms with van der Waals surface area (Å²) in [7, 11) is 0. The van der Waals surface area contributed by atoms with Crippen LogP contribution < -0.4 is 5.73 Å². The van der Waals surface area contributed by atoms with Gasteiger partial charge >= 0.3 is 0 Å². The van der Waals surface area contributed by atoms with Crippen molar-refractivity contribution >= 4 is 17.2 Å². The number of nitrogens with one attached hydrogen (secondary N) is 1. The van der Waals surface area contributed by atoms with E-state index < -0.39 is 4.92 Å². The highest BCUT2D eigenvalue weighted by Gasteiger charge is 2.19. The molecule has 7 heteroatoms. The Morgan fingerprint density at radius 3 is 2.72 bits per heavy atom. The molecule has 0 saturated carbocycles. The summed E-state index contributed by atoms with van der Waals surface area (Å²) in [4.78, 5) is 12.1. The predicted octanol–water partition coefficient (Wildman–Crippen LogP) is 0.835. The number of ether oxygens (including phenoxy) is 1. The molecule has 1 fully saturated rings. The van der Waals surface area contributed by atoms with Gasteiger partial charge in [0, 0.05) is 24.7 Å². The summed E-state index contributed by atoms with van der Waals surface area (Å²) >= 11 is 0. The molecule has 0 radical (unpaired) electrons. The van der Waals surface area contributed by atoms with Crippen molar-refractivity contribution in [1.29, 1.82) is 5.41 Å². The highest BCUT2D eigenvalue weighted by Crippen LogP contribution is 2.23. The normalized spacial score (nSPS) is 15.4. The topological polar surface area (TPSA) is 105 Å². The third-order valence-electron chi connectivity index (χ3n) is 2.83. The summed E-state index contributed by atoms with van der Waals surface area (Å²) < 4.78 is 5.20. The van der Waals surface area contributed by atoms with E-state index in [0.717, 1.165) is 0 Å². The molecular formula is C11H14N4O3. The van der Waals surface area contributed by atoms with Crippen molar-refractivity contribution in [3.8, 4) is 0 Å². The summed E-state index contributed by atoms with van der Waals surface area (Å²) in [6.45, 7) is 2.38. The van der Waals surface area contributed by atoms with Gasteiger partial charge in [0.2, 0.25) is 0 Å². The van der Waals surface area contributed by atoms with Gasteiger partial charge in [0.05, 0.1) is 18.1 Å². The fourth-order valence-corrected chi connectivity index (χ4v) is 1.82. The zero-order valence-corrected chi connectivity index (χ0v) is 9.76. The Morgan fingerprint density at radius 2 is 2.11 bits per heavy atom. The summed E-state index contributed by atoms with van der Waals surface area (Å²) in [5, 5.41) is 18.8. The van der Waals surface area contributed by atoms with E-state index in [1.807, 2.05) is 4.90 Å². The molecular weight excluding hydrogens is 236 g/mol. The van der Waals surface area contributed by atoms with Crippen LogP contribution in [0.1, 0.15) is 5.56 Å². The number of rotatable bonds is 2. The third kappa shape index (κ3) is 2.40. The van der Waals surface area contributed by atoms with Gasteiger partial charge in [-0.15, -0.1) is 0 Å². The van der Waals surface area contributed by atoms with Crippen LogP contribution in [0.15, 0.2) is 18.2 Å². The van der Waals surface area contributed by atoms with Crippen molar-refractivity contribution in [2.45, 2.75) is 0 Å². The van der Waals surface area contributed by atoms with Gasteiger partial charge in [0.1, 0.15) is 11.5 Å². The van der Waals surface area contributed by atoms with Crippen molar-refractivity contribution in [3.63, 3.8) is 0 Å². The van der Waals surface area contributed by atoms with Gasteiger partial charge in [-0.05, 0) is 12.1 Å². The molecule has 1 saturated heterocycles. The highest BCUT2D eigenvalue weighted by molar-refractivity contribution is 5.97. The van der Waals surface area contributed by atoms with Gasteiger partial charge in [-0.1, -0.05) is 0 Å². The minimum absolute atomic E-state index is 0.110. The molecule has 96 valence electrons. The molecule has 7 nitrogen and oxygen atoms in total. The van der Waals surface area contributed by atoms with E-state index in [9.17, 15) is 10.1 Å². The van der Waals surface area contributed by atoms with E-state index >= 15 is 0 Å². The number of hydrogen-bond donors (Lipinski definition) is 2. The molecule has 0 atom stereocenters. The van der Waals surface area contributed by atoms with Crippen LogP contribution in [-0.4, -0.2) is 42.0 Å². The number of nitrogens with two attached hydrogens (primary N) is 1. The molecule has 1 aromatic rings. The first kappa shape index (κ1) is 12.3. The second-order valence-corrected chi connectivity index (χ2v) is 3.98. The van der Waals surface area contributed by atoms with Crippen LogP contribution in [0.5, 0.6) is 0 Å². The van der Waals surface area contributed by atoms with Crippen LogP contribution >= 0.6 is 0 Å². The maximum Gasteiger partial charge on any atom is 0.292 e. The number of nitrogen functional groups attached to an aromatic ring is 1. The Bertz CT molecular complexity index is 483. The molecule has 0 aromatic heterocycles. The minimum atomic E-state index is -0.536. The second-order valence-electron chi connectivity index (χ2n) is 3.98. The lowest BCUT2D eigenvalue weighted by Gasteiger charge is -2.29. The van der Waals surface area contributed by atoms with Crippen molar-refractivity contribution in [2.24, 2.45) is 0 Å². The Balaban J connectivity index is 2.24. The number of benzene rings is 1. The van der Waals surface area contributed by atoms with E-state index in [4.69, 9.17) is 15.9 Å². The first-order valence-corrected chi connectivity index (χ1v) is 5.55. The van der Waals surface area contributed by atoms with Crippen molar-refractivity contribution in [3.05, 3.63) is 33.9 Å². The van der Waals surface area contributed by atoms with E-state index in [-0.39, 0.29) is 17.2 Å². The van der Waals surface area contributed by atoms with E-state index in [1.54, 1.807) is 6.07 Å². The lowest BCUT2D eigenvalue weighted by atomic mass is 10.1. The van der Waals surface area contributed by atoms with Crippen LogP contribution in [0.2, 0.25) is 0 Å². The first-order chi connectivity index (χ1) is 8.59. The summed E-state index contributed by atoms with van der Waals surface area (Å²) in [6.07, 6.45) is 0. The van der Waals surface area contributed by atoms with Crippen molar-refractivity contribution < 1.29 is 9.66 Å². The zero-order chi connectivity index (χ0) is 13.1. The number of nitro groups is 1.